The highest BCUT2D eigenvalue weighted by atomic mass is 19.3. The van der Waals surface area contributed by atoms with Crippen LogP contribution in [0.4, 0.5) is 14.5 Å². The van der Waals surface area contributed by atoms with Gasteiger partial charge in [-0.3, -0.25) is 4.90 Å². The Morgan fingerprint density at radius 3 is 2.23 bits per heavy atom. The Kier molecular flexibility index (Phi) is 8.81. The highest BCUT2D eigenvalue weighted by Crippen LogP contribution is 2.48. The van der Waals surface area contributed by atoms with E-state index in [-0.39, 0.29) is 17.1 Å². The maximum absolute atomic E-state index is 14.2. The lowest BCUT2D eigenvalue weighted by atomic mass is 9.67. The van der Waals surface area contributed by atoms with Crippen molar-refractivity contribution in [3.63, 3.8) is 0 Å². The molecular weight excluding hydrogens is 444 g/mol. The summed E-state index contributed by atoms with van der Waals surface area (Å²) in [6.07, 6.45) is 5.57. The molecule has 1 aliphatic carbocycles. The van der Waals surface area contributed by atoms with Crippen molar-refractivity contribution in [2.24, 2.45) is 0 Å². The topological polar surface area (TPSA) is 36.5 Å². The molecule has 1 saturated carbocycles. The van der Waals surface area contributed by atoms with E-state index < -0.39 is 5.92 Å². The molecule has 0 radical (unpaired) electrons. The van der Waals surface area contributed by atoms with Crippen molar-refractivity contribution in [3.05, 3.63) is 65.7 Å². The molecule has 0 saturated heterocycles. The molecule has 0 bridgehead atoms. The summed E-state index contributed by atoms with van der Waals surface area (Å²) in [5.41, 5.74) is 2.97. The Balaban J connectivity index is 2.07. The largest absolute Gasteiger partial charge is 0.496 e. The third-order valence-corrected chi connectivity index (χ3v) is 7.23. The highest BCUT2D eigenvalue weighted by molar-refractivity contribution is 5.80. The van der Waals surface area contributed by atoms with Crippen molar-refractivity contribution in [2.75, 3.05) is 32.6 Å². The number of nitrogens with zero attached hydrogens (tertiary/aromatic N) is 1. The maximum Gasteiger partial charge on any atom is 0.270 e. The highest BCUT2D eigenvalue weighted by Gasteiger charge is 2.49. The van der Waals surface area contributed by atoms with Gasteiger partial charge in [-0.25, -0.2) is 8.78 Å². The van der Waals surface area contributed by atoms with Crippen molar-refractivity contribution in [1.82, 2.24) is 10.2 Å². The molecule has 4 nitrogen and oxygen atoms in total. The molecule has 1 atom stereocenters. The molecule has 3 rings (SSSR count). The number of halogens is 2. The molecule has 0 spiro atoms. The van der Waals surface area contributed by atoms with Crippen molar-refractivity contribution in [1.29, 1.82) is 0 Å². The lowest BCUT2D eigenvalue weighted by Crippen LogP contribution is -2.61. The summed E-state index contributed by atoms with van der Waals surface area (Å²) in [5, 5.41) is 6.84. The van der Waals surface area contributed by atoms with E-state index in [0.717, 1.165) is 45.7 Å². The molecular formula is C29H41F2N3O. The van der Waals surface area contributed by atoms with E-state index in [1.165, 1.54) is 31.2 Å². The van der Waals surface area contributed by atoms with Crippen LogP contribution in [0.1, 0.15) is 75.6 Å². The van der Waals surface area contributed by atoms with Gasteiger partial charge in [-0.05, 0) is 62.9 Å². The molecule has 2 aromatic carbocycles. The van der Waals surface area contributed by atoms with Gasteiger partial charge < -0.3 is 15.4 Å². The van der Waals surface area contributed by atoms with E-state index in [1.807, 2.05) is 6.07 Å². The van der Waals surface area contributed by atoms with E-state index in [2.05, 4.69) is 60.2 Å². The van der Waals surface area contributed by atoms with E-state index in [4.69, 9.17) is 4.74 Å². The number of nitrogens with one attached hydrogen (secondary N) is 2. The minimum atomic E-state index is -2.98. The lowest BCUT2D eigenvalue weighted by Gasteiger charge is -2.55. The molecule has 192 valence electrons. The fraction of sp³-hybridized carbons (Fsp3) is 0.517. The Morgan fingerprint density at radius 1 is 1.14 bits per heavy atom. The molecule has 0 heterocycles. The molecule has 0 aliphatic heterocycles. The van der Waals surface area contributed by atoms with E-state index >= 15 is 0 Å². The van der Waals surface area contributed by atoms with Crippen LogP contribution in [-0.4, -0.2) is 37.7 Å². The Morgan fingerprint density at radius 2 is 1.77 bits per heavy atom. The summed E-state index contributed by atoms with van der Waals surface area (Å²) in [7, 11) is 3.24. The van der Waals surface area contributed by atoms with Gasteiger partial charge in [-0.1, -0.05) is 50.8 Å². The zero-order chi connectivity index (χ0) is 25.6. The maximum atomic E-state index is 14.2. The fourth-order valence-corrected chi connectivity index (χ4v) is 5.38. The van der Waals surface area contributed by atoms with Crippen LogP contribution in [0.15, 0.2) is 49.0 Å². The van der Waals surface area contributed by atoms with Gasteiger partial charge in [0.05, 0.1) is 18.7 Å². The number of benzene rings is 2. The minimum Gasteiger partial charge on any atom is -0.496 e. The quantitative estimate of drug-likeness (QED) is 0.315. The molecule has 2 N–H and O–H groups in total. The third kappa shape index (κ3) is 5.64. The van der Waals surface area contributed by atoms with Crippen LogP contribution < -0.4 is 15.4 Å². The second kappa shape index (κ2) is 11.4. The van der Waals surface area contributed by atoms with Gasteiger partial charge in [-0.15, -0.1) is 0 Å². The van der Waals surface area contributed by atoms with Gasteiger partial charge in [0.15, 0.2) is 0 Å². The SMILES string of the molecule is C=C(NC(c1ccccc1)C1(N(CCC)CCC)CCC1)c1c(NC)cc(C(C)(F)F)cc1OC. The number of alkyl halides is 2. The van der Waals surface area contributed by atoms with Crippen LogP contribution in [0, 0.1) is 0 Å². The van der Waals surface area contributed by atoms with Crippen LogP contribution in [0.5, 0.6) is 5.75 Å². The third-order valence-electron chi connectivity index (χ3n) is 7.23. The second-order valence-corrected chi connectivity index (χ2v) is 9.65. The van der Waals surface area contributed by atoms with E-state index in [9.17, 15) is 8.78 Å². The Labute approximate surface area is 209 Å². The van der Waals surface area contributed by atoms with Gasteiger partial charge in [0, 0.05) is 36.5 Å². The number of rotatable bonds is 13. The van der Waals surface area contributed by atoms with Gasteiger partial charge in [-0.2, -0.15) is 0 Å². The molecule has 6 heteroatoms. The molecule has 35 heavy (non-hydrogen) atoms. The summed E-state index contributed by atoms with van der Waals surface area (Å²) < 4.78 is 33.9. The van der Waals surface area contributed by atoms with Gasteiger partial charge in [0.1, 0.15) is 5.75 Å². The van der Waals surface area contributed by atoms with Crippen molar-refractivity contribution < 1.29 is 13.5 Å². The molecule has 2 aromatic rings. The van der Waals surface area contributed by atoms with Crippen LogP contribution in [-0.2, 0) is 5.92 Å². The molecule has 0 aromatic heterocycles. The van der Waals surface area contributed by atoms with Crippen LogP contribution >= 0.6 is 0 Å². The average Bonchev–Trinajstić information content (AvgIpc) is 2.81. The first-order chi connectivity index (χ1) is 16.7. The van der Waals surface area contributed by atoms with Gasteiger partial charge in [0.25, 0.3) is 5.92 Å². The monoisotopic (exact) mass is 485 g/mol. The molecule has 1 unspecified atom stereocenters. The van der Waals surface area contributed by atoms with E-state index in [0.29, 0.717) is 22.7 Å². The van der Waals surface area contributed by atoms with Gasteiger partial charge >= 0.3 is 0 Å². The molecule has 0 amide bonds. The average molecular weight is 486 g/mol. The number of hydrogen-bond donors (Lipinski definition) is 2. The Bertz CT molecular complexity index is 952. The second-order valence-electron chi connectivity index (χ2n) is 9.65. The summed E-state index contributed by atoms with van der Waals surface area (Å²) in [4.78, 5) is 2.64. The Hall–Kier alpha value is -2.60. The normalized spacial score (nSPS) is 15.9. The zero-order valence-electron chi connectivity index (χ0n) is 21.9. The predicted molar refractivity (Wildman–Crippen MR) is 142 cm³/mol. The zero-order valence-corrected chi connectivity index (χ0v) is 21.9. The number of methoxy groups -OCH3 is 1. The first-order valence-corrected chi connectivity index (χ1v) is 12.8. The van der Waals surface area contributed by atoms with Crippen LogP contribution in [0.2, 0.25) is 0 Å². The fourth-order valence-electron chi connectivity index (χ4n) is 5.38. The molecule has 1 aliphatic rings. The van der Waals surface area contributed by atoms with Crippen molar-refractivity contribution >= 4 is 11.4 Å². The summed E-state index contributed by atoms with van der Waals surface area (Å²) in [5.74, 6) is -2.60. The summed E-state index contributed by atoms with van der Waals surface area (Å²) in [6.45, 7) is 11.8. The summed E-state index contributed by atoms with van der Waals surface area (Å²) in [6, 6.07) is 13.4. The van der Waals surface area contributed by atoms with Crippen molar-refractivity contribution in [2.45, 2.75) is 70.4 Å². The first kappa shape index (κ1) is 27.0. The standard InChI is InChI=1S/C29H41F2N3O/c1-7-17-34(18-8-2)29(15-12-16-29)27(22-13-10-9-11-14-22)33-21(3)26-24(32-5)19-23(28(4,30)31)20-25(26)35-6/h9-11,13-14,19-20,27,32-33H,3,7-8,12,15-18H2,1-2,4-6H3. The summed E-state index contributed by atoms with van der Waals surface area (Å²) >= 11 is 0. The number of anilines is 1. The minimum absolute atomic E-state index is 0.00440. The predicted octanol–water partition coefficient (Wildman–Crippen LogP) is 7.19. The van der Waals surface area contributed by atoms with E-state index in [1.54, 1.807) is 7.05 Å². The van der Waals surface area contributed by atoms with Crippen LogP contribution in [0.3, 0.4) is 0 Å². The number of hydrogen-bond acceptors (Lipinski definition) is 4. The molecule has 1 fully saturated rings. The van der Waals surface area contributed by atoms with Crippen LogP contribution in [0.25, 0.3) is 5.70 Å². The first-order valence-electron chi connectivity index (χ1n) is 12.8. The van der Waals surface area contributed by atoms with Gasteiger partial charge in [0.2, 0.25) is 0 Å². The smallest absolute Gasteiger partial charge is 0.270 e. The lowest BCUT2D eigenvalue weighted by molar-refractivity contribution is -0.0138. The van der Waals surface area contributed by atoms with Crippen molar-refractivity contribution in [3.8, 4) is 5.75 Å². The number of ether oxygens (including phenoxy) is 1.